The summed E-state index contributed by atoms with van der Waals surface area (Å²) in [7, 11) is 0. The molecule has 2 atom stereocenters. The molecular formula is C33H30F2N4O7. The molecule has 0 radical (unpaired) electrons. The van der Waals surface area contributed by atoms with Crippen LogP contribution in [0.1, 0.15) is 38.2 Å². The third kappa shape index (κ3) is 5.21. The van der Waals surface area contributed by atoms with Crippen LogP contribution < -0.4 is 5.56 Å². The fraction of sp³-hybridized carbons (Fsp3) is 0.303. The summed E-state index contributed by atoms with van der Waals surface area (Å²) in [5.74, 6) is -4.14. The first-order chi connectivity index (χ1) is 21.9. The highest BCUT2D eigenvalue weighted by Gasteiger charge is 2.38. The van der Waals surface area contributed by atoms with Crippen molar-refractivity contribution in [1.82, 2.24) is 14.5 Å². The molecule has 1 N–H and O–H groups in total. The molecule has 0 saturated carbocycles. The highest BCUT2D eigenvalue weighted by atomic mass is 19.1. The summed E-state index contributed by atoms with van der Waals surface area (Å²) in [5, 5.41) is 0.377. The first kappa shape index (κ1) is 30.7. The van der Waals surface area contributed by atoms with E-state index in [4.69, 9.17) is 13.9 Å². The summed E-state index contributed by atoms with van der Waals surface area (Å²) < 4.78 is 48.8. The third-order valence-corrected chi connectivity index (χ3v) is 7.87. The first-order valence-corrected chi connectivity index (χ1v) is 14.6. The van der Waals surface area contributed by atoms with Gasteiger partial charge in [0.2, 0.25) is 5.91 Å². The van der Waals surface area contributed by atoms with Crippen molar-refractivity contribution in [3.8, 4) is 11.1 Å². The Morgan fingerprint density at radius 3 is 2.63 bits per heavy atom. The van der Waals surface area contributed by atoms with Gasteiger partial charge in [0.25, 0.3) is 5.56 Å². The Morgan fingerprint density at radius 1 is 1.13 bits per heavy atom. The molecule has 46 heavy (non-hydrogen) atoms. The number of aromatic nitrogens is 2. The van der Waals surface area contributed by atoms with Crippen molar-refractivity contribution in [1.29, 1.82) is 0 Å². The lowest BCUT2D eigenvalue weighted by Crippen LogP contribution is -2.45. The van der Waals surface area contributed by atoms with E-state index in [1.54, 1.807) is 33.8 Å². The minimum Gasteiger partial charge on any atom is -0.463 e. The molecule has 0 bridgehead atoms. The maximum atomic E-state index is 15.7. The van der Waals surface area contributed by atoms with Gasteiger partial charge in [-0.3, -0.25) is 24.3 Å². The molecule has 2 aliphatic rings. The summed E-state index contributed by atoms with van der Waals surface area (Å²) in [6, 6.07) is 4.84. The van der Waals surface area contributed by atoms with Crippen LogP contribution in [0.15, 0.2) is 74.5 Å². The largest absolute Gasteiger partial charge is 0.463 e. The summed E-state index contributed by atoms with van der Waals surface area (Å²) in [6.45, 7) is 5.91. The van der Waals surface area contributed by atoms with E-state index < -0.39 is 52.4 Å². The van der Waals surface area contributed by atoms with Gasteiger partial charge in [0.1, 0.15) is 22.9 Å². The van der Waals surface area contributed by atoms with Crippen molar-refractivity contribution in [2.45, 2.75) is 40.3 Å². The molecule has 4 aromatic rings. The Hall–Kier alpha value is -5.33. The molecule has 4 heterocycles. The maximum absolute atomic E-state index is 15.7. The second-order valence-corrected chi connectivity index (χ2v) is 12.0. The summed E-state index contributed by atoms with van der Waals surface area (Å²) in [4.78, 5) is 60.4. The Morgan fingerprint density at radius 2 is 1.91 bits per heavy atom. The van der Waals surface area contributed by atoms with Crippen LogP contribution in [0.5, 0.6) is 0 Å². The fourth-order valence-electron chi connectivity index (χ4n) is 5.62. The Labute approximate surface area is 260 Å². The number of carbonyl (C=O) groups excluding carboxylic acids is 3. The van der Waals surface area contributed by atoms with E-state index in [9.17, 15) is 19.2 Å². The number of nitrogens with zero attached hydrogens (tertiary/aromatic N) is 3. The van der Waals surface area contributed by atoms with E-state index in [1.165, 1.54) is 53.7 Å². The number of carbonyl (C=O) groups is 3. The standard InChI is InChI=1S/C33H30F2N4O7/c1-5-44-31(42)27-25(19-7-6-9-36-29(19)40)26-24(13-22(35)18-8-10-45-28(18)26)39(27)14-17-11-20-23(12-21(17)34)37-15-38(30(20)41)16-46-32(43)33(2,3)4/h6-13,15,20,23H,5,14,16H2,1-4H3,(H,36,40). The van der Waals surface area contributed by atoms with Crippen LogP contribution in [0, 0.1) is 17.2 Å². The van der Waals surface area contributed by atoms with E-state index in [0.717, 1.165) is 4.90 Å². The van der Waals surface area contributed by atoms with Gasteiger partial charge in [0.15, 0.2) is 6.73 Å². The lowest BCUT2D eigenvalue weighted by Gasteiger charge is -2.32. The van der Waals surface area contributed by atoms with Crippen molar-refractivity contribution in [3.05, 3.63) is 82.1 Å². The number of benzene rings is 1. The van der Waals surface area contributed by atoms with Crippen LogP contribution in [-0.2, 0) is 25.6 Å². The Kier molecular flexibility index (Phi) is 7.70. The average molecular weight is 633 g/mol. The molecule has 1 aliphatic carbocycles. The number of rotatable bonds is 7. The van der Waals surface area contributed by atoms with Gasteiger partial charge in [-0.15, -0.1) is 0 Å². The SMILES string of the molecule is CCOC(=O)c1c(-c2ccc[nH]c2=O)c2c3occc3c(F)cc2n1CC1=CC2C(=O)N(COC(=O)C(C)(C)C)C=NC2C=C1F. The van der Waals surface area contributed by atoms with Crippen LogP contribution in [0.2, 0.25) is 0 Å². The molecule has 13 heteroatoms. The zero-order chi connectivity index (χ0) is 32.9. The van der Waals surface area contributed by atoms with Crippen molar-refractivity contribution in [2.24, 2.45) is 16.3 Å². The van der Waals surface area contributed by atoms with Crippen LogP contribution in [0.4, 0.5) is 8.78 Å². The summed E-state index contributed by atoms with van der Waals surface area (Å²) in [5.41, 5.74) is -0.999. The number of aliphatic imine (C=N–C) groups is 1. The number of esters is 2. The molecule has 6 rings (SSSR count). The van der Waals surface area contributed by atoms with Gasteiger partial charge < -0.3 is 23.4 Å². The van der Waals surface area contributed by atoms with E-state index in [0.29, 0.717) is 0 Å². The number of hydrogen-bond acceptors (Lipinski definition) is 8. The van der Waals surface area contributed by atoms with Crippen LogP contribution in [-0.4, -0.2) is 58.0 Å². The molecule has 1 amide bonds. The number of amides is 1. The lowest BCUT2D eigenvalue weighted by molar-refractivity contribution is -0.158. The average Bonchev–Trinajstić information content (AvgIpc) is 3.61. The molecule has 0 fully saturated rings. The predicted molar refractivity (Wildman–Crippen MR) is 164 cm³/mol. The number of furan rings is 1. The highest BCUT2D eigenvalue weighted by Crippen LogP contribution is 2.41. The fourth-order valence-corrected chi connectivity index (χ4v) is 5.62. The van der Waals surface area contributed by atoms with Gasteiger partial charge >= 0.3 is 11.9 Å². The number of nitrogens with one attached hydrogen (secondary N) is 1. The predicted octanol–water partition coefficient (Wildman–Crippen LogP) is 5.25. The zero-order valence-electron chi connectivity index (χ0n) is 25.4. The normalized spacial score (nSPS) is 18.0. The number of ether oxygens (including phenoxy) is 2. The van der Waals surface area contributed by atoms with Crippen LogP contribution in [0.25, 0.3) is 33.0 Å². The molecule has 0 spiro atoms. The molecule has 2 unspecified atom stereocenters. The smallest absolute Gasteiger partial charge is 0.355 e. The first-order valence-electron chi connectivity index (χ1n) is 14.6. The number of halogens is 2. The van der Waals surface area contributed by atoms with Gasteiger partial charge in [-0.2, -0.15) is 0 Å². The molecular weight excluding hydrogens is 602 g/mol. The second-order valence-electron chi connectivity index (χ2n) is 12.0. The van der Waals surface area contributed by atoms with Crippen molar-refractivity contribution < 1.29 is 37.1 Å². The minimum absolute atomic E-state index is 0.00857. The number of hydrogen-bond donors (Lipinski definition) is 1. The Balaban J connectivity index is 1.49. The Bertz CT molecular complexity index is 2060. The number of aromatic amines is 1. The molecule has 1 aliphatic heterocycles. The van der Waals surface area contributed by atoms with Gasteiger partial charge in [0.05, 0.1) is 65.0 Å². The number of H-pyrrole nitrogens is 1. The summed E-state index contributed by atoms with van der Waals surface area (Å²) >= 11 is 0. The second kappa shape index (κ2) is 11.5. The summed E-state index contributed by atoms with van der Waals surface area (Å²) in [6.07, 6.45) is 6.52. The van der Waals surface area contributed by atoms with Crippen molar-refractivity contribution >= 4 is 46.1 Å². The van der Waals surface area contributed by atoms with E-state index in [2.05, 4.69) is 9.98 Å². The van der Waals surface area contributed by atoms with Gasteiger partial charge in [-0.25, -0.2) is 13.6 Å². The molecule has 238 valence electrons. The monoisotopic (exact) mass is 632 g/mol. The van der Waals surface area contributed by atoms with Gasteiger partial charge in [-0.1, -0.05) is 6.08 Å². The van der Waals surface area contributed by atoms with E-state index in [1.807, 2.05) is 0 Å². The van der Waals surface area contributed by atoms with Crippen LogP contribution in [0.3, 0.4) is 0 Å². The number of allylic oxidation sites excluding steroid dienone is 2. The molecule has 1 aromatic carbocycles. The number of pyridine rings is 1. The lowest BCUT2D eigenvalue weighted by atomic mass is 9.89. The zero-order valence-corrected chi connectivity index (χ0v) is 25.4. The minimum atomic E-state index is -0.953. The van der Waals surface area contributed by atoms with Crippen molar-refractivity contribution in [3.63, 3.8) is 0 Å². The maximum Gasteiger partial charge on any atom is 0.355 e. The highest BCUT2D eigenvalue weighted by molar-refractivity contribution is 6.17. The van der Waals surface area contributed by atoms with Gasteiger partial charge in [0, 0.05) is 17.3 Å². The number of fused-ring (bicyclic) bond motifs is 4. The quantitative estimate of drug-likeness (QED) is 0.275. The third-order valence-electron chi connectivity index (χ3n) is 7.87. The topological polar surface area (TPSA) is 136 Å². The van der Waals surface area contributed by atoms with Crippen LogP contribution >= 0.6 is 0 Å². The molecule has 11 nitrogen and oxygen atoms in total. The van der Waals surface area contributed by atoms with Crippen molar-refractivity contribution in [2.75, 3.05) is 13.3 Å². The molecule has 3 aromatic heterocycles. The molecule has 0 saturated heterocycles. The van der Waals surface area contributed by atoms with E-state index in [-0.39, 0.29) is 64.1 Å². The van der Waals surface area contributed by atoms with E-state index >= 15 is 8.78 Å². The van der Waals surface area contributed by atoms with Gasteiger partial charge in [-0.05, 0) is 58.0 Å².